The molecule has 3 rings (SSSR count). The summed E-state index contributed by atoms with van der Waals surface area (Å²) in [5.41, 5.74) is 3.64. The number of nitrogens with zero attached hydrogens (tertiary/aromatic N) is 3. The van der Waals surface area contributed by atoms with Crippen LogP contribution in [0, 0.1) is 39.5 Å². The van der Waals surface area contributed by atoms with Crippen LogP contribution in [-0.4, -0.2) is 21.1 Å². The van der Waals surface area contributed by atoms with Crippen LogP contribution in [0.3, 0.4) is 0 Å². The summed E-state index contributed by atoms with van der Waals surface area (Å²) in [6, 6.07) is 0. The van der Waals surface area contributed by atoms with E-state index in [2.05, 4.69) is 17.2 Å². The molecular weight excluding hydrogens is 294 g/mol. The Morgan fingerprint density at radius 1 is 1.04 bits per heavy atom. The lowest BCUT2D eigenvalue weighted by Gasteiger charge is -2.23. The van der Waals surface area contributed by atoms with E-state index < -0.39 is 0 Å². The van der Waals surface area contributed by atoms with E-state index in [1.165, 1.54) is 0 Å². The van der Waals surface area contributed by atoms with Crippen molar-refractivity contribution >= 4 is 5.91 Å². The normalized spacial score (nSPS) is 19.9. The molecule has 0 spiro atoms. The maximum atomic E-state index is 12.8. The first-order valence-corrected chi connectivity index (χ1v) is 8.00. The third-order valence-electron chi connectivity index (χ3n) is 4.80. The van der Waals surface area contributed by atoms with Gasteiger partial charge in [-0.05, 0) is 40.0 Å². The predicted octanol–water partition coefficient (Wildman–Crippen LogP) is 3.08. The molecule has 0 aliphatic heterocycles. The standard InChI is InChI=1S/C17H23N3O3/c1-9-6-14(9)17(21)20(7-15-10(2)18-22-12(15)4)8-16-11(3)19-23-13(16)5/h9,14H,6-8H2,1-5H3. The second-order valence-corrected chi connectivity index (χ2v) is 6.62. The van der Waals surface area contributed by atoms with Crippen LogP contribution < -0.4 is 0 Å². The fraction of sp³-hybridized carbons (Fsp3) is 0.588. The largest absolute Gasteiger partial charge is 0.361 e. The zero-order valence-corrected chi connectivity index (χ0v) is 14.3. The van der Waals surface area contributed by atoms with E-state index in [0.717, 1.165) is 40.5 Å². The molecule has 0 bridgehead atoms. The average Bonchev–Trinajstić information content (AvgIpc) is 3.06. The van der Waals surface area contributed by atoms with Crippen molar-refractivity contribution in [3.05, 3.63) is 34.0 Å². The molecule has 1 aliphatic rings. The minimum Gasteiger partial charge on any atom is -0.361 e. The number of rotatable bonds is 5. The molecule has 2 unspecified atom stereocenters. The maximum Gasteiger partial charge on any atom is 0.226 e. The smallest absolute Gasteiger partial charge is 0.226 e. The molecule has 0 radical (unpaired) electrons. The second kappa shape index (κ2) is 5.83. The highest BCUT2D eigenvalue weighted by Crippen LogP contribution is 2.40. The summed E-state index contributed by atoms with van der Waals surface area (Å²) in [4.78, 5) is 14.7. The number of hydrogen-bond donors (Lipinski definition) is 0. The van der Waals surface area contributed by atoms with Crippen LogP contribution in [0.1, 0.15) is 47.4 Å². The molecule has 1 fully saturated rings. The summed E-state index contributed by atoms with van der Waals surface area (Å²) in [5.74, 6) is 2.33. The predicted molar refractivity (Wildman–Crippen MR) is 83.5 cm³/mol. The highest BCUT2D eigenvalue weighted by molar-refractivity contribution is 5.81. The Hall–Kier alpha value is -2.11. The Morgan fingerprint density at radius 2 is 1.48 bits per heavy atom. The monoisotopic (exact) mass is 317 g/mol. The first kappa shape index (κ1) is 15.8. The van der Waals surface area contributed by atoms with Crippen LogP contribution in [-0.2, 0) is 17.9 Å². The molecule has 23 heavy (non-hydrogen) atoms. The van der Waals surface area contributed by atoms with Crippen LogP contribution in [0.5, 0.6) is 0 Å². The number of hydrogen-bond acceptors (Lipinski definition) is 5. The van der Waals surface area contributed by atoms with Crippen LogP contribution >= 0.6 is 0 Å². The molecule has 0 saturated heterocycles. The Labute approximate surface area is 135 Å². The zero-order valence-electron chi connectivity index (χ0n) is 14.3. The van der Waals surface area contributed by atoms with E-state index in [9.17, 15) is 4.79 Å². The quantitative estimate of drug-likeness (QED) is 0.847. The Balaban J connectivity index is 1.86. The van der Waals surface area contributed by atoms with Gasteiger partial charge < -0.3 is 13.9 Å². The molecule has 1 saturated carbocycles. The summed E-state index contributed by atoms with van der Waals surface area (Å²) in [6.45, 7) is 10.7. The first-order chi connectivity index (χ1) is 10.9. The summed E-state index contributed by atoms with van der Waals surface area (Å²) in [5, 5.41) is 7.98. The summed E-state index contributed by atoms with van der Waals surface area (Å²) in [6.07, 6.45) is 0.971. The van der Waals surface area contributed by atoms with Crippen molar-refractivity contribution < 1.29 is 13.8 Å². The topological polar surface area (TPSA) is 72.4 Å². The van der Waals surface area contributed by atoms with Crippen molar-refractivity contribution in [3.8, 4) is 0 Å². The highest BCUT2D eigenvalue weighted by Gasteiger charge is 2.42. The van der Waals surface area contributed by atoms with Gasteiger partial charge in [-0.25, -0.2) is 0 Å². The van der Waals surface area contributed by atoms with Crippen LogP contribution in [0.25, 0.3) is 0 Å². The lowest BCUT2D eigenvalue weighted by molar-refractivity contribution is -0.134. The first-order valence-electron chi connectivity index (χ1n) is 8.00. The van der Waals surface area contributed by atoms with E-state index in [4.69, 9.17) is 9.05 Å². The van der Waals surface area contributed by atoms with Gasteiger partial charge in [-0.3, -0.25) is 4.79 Å². The third kappa shape index (κ3) is 3.02. The molecule has 2 aromatic heterocycles. The maximum absolute atomic E-state index is 12.8. The molecule has 6 nitrogen and oxygen atoms in total. The lowest BCUT2D eigenvalue weighted by atomic mass is 10.1. The van der Waals surface area contributed by atoms with E-state index >= 15 is 0 Å². The number of aryl methyl sites for hydroxylation is 4. The molecular formula is C17H23N3O3. The van der Waals surface area contributed by atoms with E-state index in [1.54, 1.807) is 0 Å². The fourth-order valence-corrected chi connectivity index (χ4v) is 2.95. The Bertz CT molecular complexity index is 644. The molecule has 0 N–H and O–H groups in total. The van der Waals surface area contributed by atoms with Gasteiger partial charge in [0.25, 0.3) is 0 Å². The van der Waals surface area contributed by atoms with Gasteiger partial charge in [-0.1, -0.05) is 17.2 Å². The summed E-state index contributed by atoms with van der Waals surface area (Å²) in [7, 11) is 0. The summed E-state index contributed by atoms with van der Waals surface area (Å²) >= 11 is 0. The van der Waals surface area contributed by atoms with Crippen molar-refractivity contribution in [2.24, 2.45) is 11.8 Å². The SMILES string of the molecule is Cc1noc(C)c1CN(Cc1c(C)noc1C)C(=O)C1CC1C. The number of carbonyl (C=O) groups is 1. The van der Waals surface area contributed by atoms with Gasteiger partial charge in [0.1, 0.15) is 11.5 Å². The molecule has 1 aliphatic carbocycles. The molecule has 124 valence electrons. The van der Waals surface area contributed by atoms with Crippen molar-refractivity contribution in [2.75, 3.05) is 0 Å². The van der Waals surface area contributed by atoms with Crippen LogP contribution in [0.2, 0.25) is 0 Å². The summed E-state index contributed by atoms with van der Waals surface area (Å²) < 4.78 is 10.5. The molecule has 2 atom stereocenters. The van der Waals surface area contributed by atoms with Gasteiger partial charge in [-0.2, -0.15) is 0 Å². The lowest BCUT2D eigenvalue weighted by Crippen LogP contribution is -2.32. The van der Waals surface area contributed by atoms with Gasteiger partial charge in [0.05, 0.1) is 24.5 Å². The van der Waals surface area contributed by atoms with Crippen molar-refractivity contribution in [2.45, 2.75) is 54.1 Å². The third-order valence-corrected chi connectivity index (χ3v) is 4.80. The van der Waals surface area contributed by atoms with Gasteiger partial charge in [0, 0.05) is 17.0 Å². The highest BCUT2D eigenvalue weighted by atomic mass is 16.5. The zero-order chi connectivity index (χ0) is 16.7. The fourth-order valence-electron chi connectivity index (χ4n) is 2.95. The van der Waals surface area contributed by atoms with Crippen molar-refractivity contribution in [3.63, 3.8) is 0 Å². The minimum absolute atomic E-state index is 0.135. The Morgan fingerprint density at radius 3 is 1.78 bits per heavy atom. The number of amides is 1. The van der Waals surface area contributed by atoms with E-state index in [-0.39, 0.29) is 11.8 Å². The van der Waals surface area contributed by atoms with Gasteiger partial charge in [0.2, 0.25) is 5.91 Å². The Kier molecular flexibility index (Phi) is 4.00. The van der Waals surface area contributed by atoms with Gasteiger partial charge in [0.15, 0.2) is 0 Å². The number of carbonyl (C=O) groups excluding carboxylic acids is 1. The average molecular weight is 317 g/mol. The molecule has 6 heteroatoms. The van der Waals surface area contributed by atoms with Crippen LogP contribution in [0.15, 0.2) is 9.05 Å². The molecule has 2 aromatic rings. The van der Waals surface area contributed by atoms with Crippen molar-refractivity contribution in [1.29, 1.82) is 0 Å². The minimum atomic E-state index is 0.135. The van der Waals surface area contributed by atoms with Crippen molar-refractivity contribution in [1.82, 2.24) is 15.2 Å². The van der Waals surface area contributed by atoms with Crippen LogP contribution in [0.4, 0.5) is 0 Å². The molecule has 0 aromatic carbocycles. The number of aromatic nitrogens is 2. The van der Waals surface area contributed by atoms with Gasteiger partial charge in [-0.15, -0.1) is 0 Å². The molecule has 1 amide bonds. The molecule has 2 heterocycles. The van der Waals surface area contributed by atoms with E-state index in [1.807, 2.05) is 32.6 Å². The second-order valence-electron chi connectivity index (χ2n) is 6.62. The van der Waals surface area contributed by atoms with E-state index in [0.29, 0.717) is 19.0 Å². The van der Waals surface area contributed by atoms with Gasteiger partial charge >= 0.3 is 0 Å².